The lowest BCUT2D eigenvalue weighted by molar-refractivity contribution is -0.543. The summed E-state index contributed by atoms with van der Waals surface area (Å²) in [6.45, 7) is 1.71. The largest absolute Gasteiger partial charge is 1.00 e. The molecule has 0 spiro atoms. The molecule has 3 heterocycles. The van der Waals surface area contributed by atoms with Gasteiger partial charge in [0.1, 0.15) is 6.54 Å². The van der Waals surface area contributed by atoms with Crippen LogP contribution in [0, 0.1) is 0 Å². The van der Waals surface area contributed by atoms with Gasteiger partial charge < -0.3 is 35.9 Å². The van der Waals surface area contributed by atoms with Crippen LogP contribution in [0.2, 0.25) is 0 Å². The maximum atomic E-state index is 14.0. The number of ether oxygens (including phenoxy) is 4. The molecule has 0 aromatic heterocycles. The fourth-order valence-electron chi connectivity index (χ4n) is 4.42. The molecule has 0 bridgehead atoms. The van der Waals surface area contributed by atoms with E-state index in [9.17, 15) is 4.79 Å². The quantitative estimate of drug-likeness (QED) is 0.349. The molecule has 0 saturated carbocycles. The van der Waals surface area contributed by atoms with Gasteiger partial charge in [-0.05, 0) is 45.8 Å². The van der Waals surface area contributed by atoms with Crippen molar-refractivity contribution in [3.05, 3.63) is 81.3 Å². The summed E-state index contributed by atoms with van der Waals surface area (Å²) >= 11 is 3.57. The van der Waals surface area contributed by atoms with E-state index < -0.39 is 0 Å². The Morgan fingerprint density at radius 1 is 0.909 bits per heavy atom. The van der Waals surface area contributed by atoms with Gasteiger partial charge in [-0.1, -0.05) is 30.3 Å². The molecule has 168 valence electrons. The van der Waals surface area contributed by atoms with Gasteiger partial charge in [0.15, 0.2) is 29.5 Å². The van der Waals surface area contributed by atoms with E-state index in [4.69, 9.17) is 18.9 Å². The molecular weight excluding hydrogens is 554 g/mol. The van der Waals surface area contributed by atoms with Crippen LogP contribution in [0.3, 0.4) is 0 Å². The summed E-state index contributed by atoms with van der Waals surface area (Å²) in [5.41, 5.74) is 4.29. The van der Waals surface area contributed by atoms with E-state index in [1.165, 1.54) is 0 Å². The molecule has 0 N–H and O–H groups in total. The first kappa shape index (κ1) is 22.0. The Morgan fingerprint density at radius 3 is 2.45 bits per heavy atom. The Morgan fingerprint density at radius 2 is 1.64 bits per heavy atom. The molecule has 6 rings (SSSR count). The monoisotopic (exact) mass is 571 g/mol. The first-order valence-electron chi connectivity index (χ1n) is 10.4. The van der Waals surface area contributed by atoms with E-state index in [0.29, 0.717) is 39.5 Å². The number of fused-ring (bicyclic) bond motifs is 3. The van der Waals surface area contributed by atoms with Crippen molar-refractivity contribution in [1.82, 2.24) is 0 Å². The summed E-state index contributed by atoms with van der Waals surface area (Å²) in [7, 11) is 0. The molecule has 6 nitrogen and oxygen atoms in total. The average molecular weight is 573 g/mol. The van der Waals surface area contributed by atoms with Crippen LogP contribution in [0.4, 0.5) is 0 Å². The third-order valence-electron chi connectivity index (χ3n) is 5.98. The normalized spacial score (nSPS) is 15.2. The third kappa shape index (κ3) is 3.81. The standard InChI is InChI=1S/C25H19BrNO5.BrH/c26-22-17(6-7-19-25(22)32-14-29-19)24(28)23-18-11-21-20(30-13-31-21)10-16(18)8-9-27(23)12-15-4-2-1-3-5-15;/h1-7,10-11H,8-9,12-14H2;1H/q+1;/p-1. The van der Waals surface area contributed by atoms with E-state index in [0.717, 1.165) is 35.4 Å². The summed E-state index contributed by atoms with van der Waals surface area (Å²) in [5.74, 6) is 2.52. The van der Waals surface area contributed by atoms with Crippen molar-refractivity contribution in [2.24, 2.45) is 0 Å². The number of benzene rings is 3. The Labute approximate surface area is 209 Å². The molecule has 0 radical (unpaired) electrons. The van der Waals surface area contributed by atoms with Crippen LogP contribution in [0.25, 0.3) is 0 Å². The lowest BCUT2D eigenvalue weighted by Gasteiger charge is -2.19. The van der Waals surface area contributed by atoms with Crippen molar-refractivity contribution in [1.29, 1.82) is 0 Å². The van der Waals surface area contributed by atoms with Gasteiger partial charge in [0.25, 0.3) is 11.5 Å². The molecule has 0 amide bonds. The first-order valence-corrected chi connectivity index (χ1v) is 11.2. The minimum Gasteiger partial charge on any atom is -1.00 e. The Kier molecular flexibility index (Phi) is 5.88. The maximum Gasteiger partial charge on any atom is 0.258 e. The number of Topliss-reactive ketones (excluding diaryl/α,β-unsaturated/α-hetero) is 1. The molecule has 3 aliphatic heterocycles. The summed E-state index contributed by atoms with van der Waals surface area (Å²) in [6, 6.07) is 17.7. The SMILES string of the molecule is O=C(C1=[N+](Cc2ccccc2)CCc2cc3c(cc21)OCO3)c1ccc2c(c1Br)OCO2.[Br-]. The zero-order valence-corrected chi connectivity index (χ0v) is 20.6. The van der Waals surface area contributed by atoms with Crippen LogP contribution in [0.5, 0.6) is 23.0 Å². The molecule has 0 atom stereocenters. The molecule has 0 fully saturated rings. The number of rotatable bonds is 4. The highest BCUT2D eigenvalue weighted by Crippen LogP contribution is 2.42. The molecule has 33 heavy (non-hydrogen) atoms. The predicted molar refractivity (Wildman–Crippen MR) is 120 cm³/mol. The van der Waals surface area contributed by atoms with E-state index in [1.54, 1.807) is 12.1 Å². The summed E-state index contributed by atoms with van der Waals surface area (Å²) in [4.78, 5) is 14.0. The topological polar surface area (TPSA) is 57.0 Å². The van der Waals surface area contributed by atoms with Gasteiger partial charge >= 0.3 is 0 Å². The fraction of sp³-hybridized carbons (Fsp3) is 0.200. The van der Waals surface area contributed by atoms with Gasteiger partial charge in [-0.3, -0.25) is 4.79 Å². The number of ketones is 1. The predicted octanol–water partition coefficient (Wildman–Crippen LogP) is 1.35. The number of carbonyl (C=O) groups is 1. The van der Waals surface area contributed by atoms with Crippen molar-refractivity contribution >= 4 is 27.4 Å². The van der Waals surface area contributed by atoms with Crippen LogP contribution in [-0.2, 0) is 13.0 Å². The van der Waals surface area contributed by atoms with Gasteiger partial charge in [0, 0.05) is 17.5 Å². The first-order chi connectivity index (χ1) is 15.7. The molecule has 3 aliphatic rings. The van der Waals surface area contributed by atoms with Gasteiger partial charge in [-0.25, -0.2) is 4.58 Å². The minimum absolute atomic E-state index is 0. The Balaban J connectivity index is 0.00000228. The molecule has 0 unspecified atom stereocenters. The highest BCUT2D eigenvalue weighted by molar-refractivity contribution is 9.10. The number of halogens is 2. The van der Waals surface area contributed by atoms with Crippen molar-refractivity contribution < 1.29 is 45.3 Å². The minimum atomic E-state index is -0.0779. The van der Waals surface area contributed by atoms with Crippen LogP contribution in [-0.4, -0.2) is 36.2 Å². The number of hydrogen-bond acceptors (Lipinski definition) is 5. The fourth-order valence-corrected chi connectivity index (χ4v) is 5.04. The molecule has 0 saturated heterocycles. The molecule has 8 heteroatoms. The van der Waals surface area contributed by atoms with E-state index >= 15 is 0 Å². The van der Waals surface area contributed by atoms with Crippen LogP contribution < -0.4 is 35.9 Å². The lowest BCUT2D eigenvalue weighted by atomic mass is 9.91. The van der Waals surface area contributed by atoms with Crippen molar-refractivity contribution in [2.45, 2.75) is 13.0 Å². The van der Waals surface area contributed by atoms with Gasteiger partial charge in [0.2, 0.25) is 13.6 Å². The Hall–Kier alpha value is -2.84. The summed E-state index contributed by atoms with van der Waals surface area (Å²) in [6.07, 6.45) is 0.817. The Bertz CT molecular complexity index is 1290. The molecule has 3 aromatic rings. The van der Waals surface area contributed by atoms with Gasteiger partial charge in [-0.2, -0.15) is 0 Å². The van der Waals surface area contributed by atoms with Gasteiger partial charge in [0.05, 0.1) is 10.0 Å². The second-order valence-corrected chi connectivity index (χ2v) is 8.65. The van der Waals surface area contributed by atoms with Crippen molar-refractivity contribution in [3.63, 3.8) is 0 Å². The second kappa shape index (κ2) is 8.83. The zero-order valence-electron chi connectivity index (χ0n) is 17.5. The van der Waals surface area contributed by atoms with Crippen molar-refractivity contribution in [3.8, 4) is 23.0 Å². The number of hydrogen-bond donors (Lipinski definition) is 0. The third-order valence-corrected chi connectivity index (χ3v) is 6.76. The van der Waals surface area contributed by atoms with E-state index in [-0.39, 0.29) is 36.4 Å². The molecular formula is C25H19Br2NO5. The van der Waals surface area contributed by atoms with E-state index in [1.807, 2.05) is 30.3 Å². The average Bonchev–Trinajstić information content (AvgIpc) is 3.47. The maximum absolute atomic E-state index is 14.0. The zero-order chi connectivity index (χ0) is 21.7. The van der Waals surface area contributed by atoms with Crippen LogP contribution in [0.1, 0.15) is 27.0 Å². The summed E-state index contributed by atoms with van der Waals surface area (Å²) < 4.78 is 25.0. The van der Waals surface area contributed by atoms with Crippen LogP contribution in [0.15, 0.2) is 59.1 Å². The lowest BCUT2D eigenvalue weighted by Crippen LogP contribution is -3.00. The van der Waals surface area contributed by atoms with Gasteiger partial charge in [-0.15, -0.1) is 0 Å². The van der Waals surface area contributed by atoms with E-state index in [2.05, 4.69) is 32.6 Å². The summed E-state index contributed by atoms with van der Waals surface area (Å²) in [5, 5.41) is 0. The number of carbonyl (C=O) groups excluding carboxylic acids is 1. The second-order valence-electron chi connectivity index (χ2n) is 7.86. The highest BCUT2D eigenvalue weighted by atomic mass is 79.9. The number of nitrogens with zero attached hydrogens (tertiary/aromatic N) is 1. The van der Waals surface area contributed by atoms with Crippen LogP contribution >= 0.6 is 15.9 Å². The van der Waals surface area contributed by atoms with Crippen molar-refractivity contribution in [2.75, 3.05) is 20.1 Å². The molecule has 3 aromatic carbocycles. The highest BCUT2D eigenvalue weighted by Gasteiger charge is 2.36. The smallest absolute Gasteiger partial charge is 0.258 e. The molecule has 0 aliphatic carbocycles.